The average Bonchev–Trinajstić information content (AvgIpc) is 2.90. The zero-order chi connectivity index (χ0) is 14.5. The van der Waals surface area contributed by atoms with E-state index in [1.165, 1.54) is 0 Å². The van der Waals surface area contributed by atoms with Gasteiger partial charge in [-0.15, -0.1) is 0 Å². The third-order valence-electron chi connectivity index (χ3n) is 3.75. The van der Waals surface area contributed by atoms with E-state index >= 15 is 0 Å². The fraction of sp³-hybridized carbons (Fsp3) is 0.500. The van der Waals surface area contributed by atoms with Crippen LogP contribution in [0.5, 0.6) is 5.75 Å². The molecule has 1 aromatic carbocycles. The number of amides is 1. The van der Waals surface area contributed by atoms with Crippen molar-refractivity contribution in [1.82, 2.24) is 0 Å². The van der Waals surface area contributed by atoms with Gasteiger partial charge in [-0.05, 0) is 25.0 Å². The first-order valence-corrected chi connectivity index (χ1v) is 7.17. The standard InChI is InChI=1S/C16H21NO3/c1-3-12(2)15(18)11-20-14-7-4-6-13(10-14)17-9-5-8-16(17)19/h4,6-7,10,12H,3,5,8-9,11H2,1-2H3. The molecule has 1 amide bonds. The number of carbonyl (C=O) groups excluding carboxylic acids is 2. The number of rotatable bonds is 6. The highest BCUT2D eigenvalue weighted by Crippen LogP contribution is 2.25. The van der Waals surface area contributed by atoms with Gasteiger partial charge < -0.3 is 9.64 Å². The van der Waals surface area contributed by atoms with Crippen molar-refractivity contribution >= 4 is 17.4 Å². The smallest absolute Gasteiger partial charge is 0.227 e. The number of carbonyl (C=O) groups is 2. The second kappa shape index (κ2) is 6.55. The van der Waals surface area contributed by atoms with Crippen molar-refractivity contribution in [2.24, 2.45) is 5.92 Å². The van der Waals surface area contributed by atoms with Crippen LogP contribution in [0.2, 0.25) is 0 Å². The molecule has 1 aliphatic heterocycles. The largest absolute Gasteiger partial charge is 0.486 e. The molecule has 2 rings (SSSR count). The van der Waals surface area contributed by atoms with Crippen LogP contribution < -0.4 is 9.64 Å². The van der Waals surface area contributed by atoms with E-state index in [1.807, 2.05) is 38.1 Å². The number of anilines is 1. The molecule has 0 saturated carbocycles. The number of benzene rings is 1. The molecule has 4 nitrogen and oxygen atoms in total. The van der Waals surface area contributed by atoms with Gasteiger partial charge in [-0.25, -0.2) is 0 Å². The Kier molecular flexibility index (Phi) is 4.77. The summed E-state index contributed by atoms with van der Waals surface area (Å²) in [7, 11) is 0. The van der Waals surface area contributed by atoms with Crippen molar-refractivity contribution in [3.63, 3.8) is 0 Å². The quantitative estimate of drug-likeness (QED) is 0.802. The number of ether oxygens (including phenoxy) is 1. The molecule has 0 N–H and O–H groups in total. The van der Waals surface area contributed by atoms with Crippen LogP contribution in [0.15, 0.2) is 24.3 Å². The fourth-order valence-corrected chi connectivity index (χ4v) is 2.19. The predicted molar refractivity (Wildman–Crippen MR) is 78.0 cm³/mol. The summed E-state index contributed by atoms with van der Waals surface area (Å²) in [6, 6.07) is 7.39. The van der Waals surface area contributed by atoms with Crippen molar-refractivity contribution in [1.29, 1.82) is 0 Å². The molecule has 108 valence electrons. The van der Waals surface area contributed by atoms with E-state index in [4.69, 9.17) is 4.74 Å². The maximum Gasteiger partial charge on any atom is 0.227 e. The zero-order valence-corrected chi connectivity index (χ0v) is 12.1. The van der Waals surface area contributed by atoms with Crippen LogP contribution in [0.4, 0.5) is 5.69 Å². The van der Waals surface area contributed by atoms with E-state index < -0.39 is 0 Å². The van der Waals surface area contributed by atoms with Crippen molar-refractivity contribution < 1.29 is 14.3 Å². The lowest BCUT2D eigenvalue weighted by Crippen LogP contribution is -2.23. The molecule has 20 heavy (non-hydrogen) atoms. The molecule has 1 atom stereocenters. The van der Waals surface area contributed by atoms with Crippen molar-refractivity contribution in [2.75, 3.05) is 18.1 Å². The van der Waals surface area contributed by atoms with Gasteiger partial charge in [0.1, 0.15) is 12.4 Å². The molecule has 1 aromatic rings. The lowest BCUT2D eigenvalue weighted by Gasteiger charge is -2.17. The molecule has 0 aliphatic carbocycles. The number of nitrogens with zero attached hydrogens (tertiary/aromatic N) is 1. The third-order valence-corrected chi connectivity index (χ3v) is 3.75. The van der Waals surface area contributed by atoms with Gasteiger partial charge in [-0.2, -0.15) is 0 Å². The van der Waals surface area contributed by atoms with Crippen LogP contribution in [0.25, 0.3) is 0 Å². The fourth-order valence-electron chi connectivity index (χ4n) is 2.19. The summed E-state index contributed by atoms with van der Waals surface area (Å²) in [6.07, 6.45) is 2.33. The first-order valence-electron chi connectivity index (χ1n) is 7.17. The van der Waals surface area contributed by atoms with Crippen molar-refractivity contribution in [3.05, 3.63) is 24.3 Å². The highest BCUT2D eigenvalue weighted by molar-refractivity contribution is 5.95. The van der Waals surface area contributed by atoms with Gasteiger partial charge in [0.25, 0.3) is 0 Å². The first kappa shape index (κ1) is 14.6. The average molecular weight is 275 g/mol. The molecule has 4 heteroatoms. The Labute approximate surface area is 119 Å². The summed E-state index contributed by atoms with van der Waals surface area (Å²) in [5.74, 6) is 0.921. The SMILES string of the molecule is CCC(C)C(=O)COc1cccc(N2CCCC2=O)c1. The zero-order valence-electron chi connectivity index (χ0n) is 12.1. The van der Waals surface area contributed by atoms with Crippen molar-refractivity contribution in [2.45, 2.75) is 33.1 Å². The molecule has 0 aromatic heterocycles. The molecule has 0 bridgehead atoms. The number of hydrogen-bond acceptors (Lipinski definition) is 3. The van der Waals surface area contributed by atoms with Gasteiger partial charge in [0.05, 0.1) is 0 Å². The molecule has 1 fully saturated rings. The molecule has 1 saturated heterocycles. The number of hydrogen-bond donors (Lipinski definition) is 0. The first-order chi connectivity index (χ1) is 9.61. The summed E-state index contributed by atoms with van der Waals surface area (Å²) in [5, 5.41) is 0. The van der Waals surface area contributed by atoms with Gasteiger partial charge in [0.15, 0.2) is 5.78 Å². The topological polar surface area (TPSA) is 46.6 Å². The summed E-state index contributed by atoms with van der Waals surface area (Å²) in [5.41, 5.74) is 0.848. The summed E-state index contributed by atoms with van der Waals surface area (Å²) in [6.45, 7) is 4.74. The minimum atomic E-state index is 0.0262. The van der Waals surface area contributed by atoms with E-state index in [2.05, 4.69) is 0 Å². The van der Waals surface area contributed by atoms with Crippen LogP contribution in [0.3, 0.4) is 0 Å². The van der Waals surface area contributed by atoms with E-state index in [0.717, 1.165) is 25.1 Å². The van der Waals surface area contributed by atoms with Crippen molar-refractivity contribution in [3.8, 4) is 5.75 Å². The Bertz CT molecular complexity index is 498. The maximum absolute atomic E-state index is 11.8. The van der Waals surface area contributed by atoms with Crippen LogP contribution in [0.1, 0.15) is 33.1 Å². The Morgan fingerprint density at radius 1 is 1.45 bits per heavy atom. The maximum atomic E-state index is 11.8. The summed E-state index contributed by atoms with van der Waals surface area (Å²) >= 11 is 0. The third kappa shape index (κ3) is 3.38. The Hall–Kier alpha value is -1.84. The summed E-state index contributed by atoms with van der Waals surface area (Å²) in [4.78, 5) is 25.2. The molecule has 1 unspecified atom stereocenters. The van der Waals surface area contributed by atoms with Crippen LogP contribution in [-0.2, 0) is 9.59 Å². The monoisotopic (exact) mass is 275 g/mol. The van der Waals surface area contributed by atoms with E-state index in [0.29, 0.717) is 12.2 Å². The highest BCUT2D eigenvalue weighted by Gasteiger charge is 2.21. The van der Waals surface area contributed by atoms with Gasteiger partial charge in [-0.1, -0.05) is 19.9 Å². The lowest BCUT2D eigenvalue weighted by molar-refractivity contribution is -0.124. The van der Waals surface area contributed by atoms with Crippen LogP contribution in [0, 0.1) is 5.92 Å². The van der Waals surface area contributed by atoms with E-state index in [9.17, 15) is 9.59 Å². The van der Waals surface area contributed by atoms with Gasteiger partial charge in [0.2, 0.25) is 5.91 Å². The Morgan fingerprint density at radius 3 is 2.90 bits per heavy atom. The molecule has 1 aliphatic rings. The van der Waals surface area contributed by atoms with E-state index in [1.54, 1.807) is 4.90 Å². The highest BCUT2D eigenvalue weighted by atomic mass is 16.5. The second-order valence-electron chi connectivity index (χ2n) is 5.21. The Balaban J connectivity index is 1.99. The normalized spacial score (nSPS) is 16.3. The van der Waals surface area contributed by atoms with Crippen LogP contribution >= 0.6 is 0 Å². The molecule has 1 heterocycles. The molecular weight excluding hydrogens is 254 g/mol. The van der Waals surface area contributed by atoms with E-state index in [-0.39, 0.29) is 24.2 Å². The van der Waals surface area contributed by atoms with Gasteiger partial charge >= 0.3 is 0 Å². The predicted octanol–water partition coefficient (Wildman–Crippen LogP) is 2.81. The minimum absolute atomic E-state index is 0.0262. The molecule has 0 radical (unpaired) electrons. The minimum Gasteiger partial charge on any atom is -0.486 e. The van der Waals surface area contributed by atoms with Gasteiger partial charge in [-0.3, -0.25) is 9.59 Å². The number of Topliss-reactive ketones (excluding diaryl/α,β-unsaturated/α-hetero) is 1. The molecule has 0 spiro atoms. The van der Waals surface area contributed by atoms with Crippen LogP contribution in [-0.4, -0.2) is 24.8 Å². The lowest BCUT2D eigenvalue weighted by atomic mass is 10.1. The summed E-state index contributed by atoms with van der Waals surface area (Å²) < 4.78 is 5.54. The van der Waals surface area contributed by atoms with Gasteiger partial charge in [0, 0.05) is 30.6 Å². The molecular formula is C16H21NO3. The number of ketones is 1. The second-order valence-corrected chi connectivity index (χ2v) is 5.21. The Morgan fingerprint density at radius 2 is 2.25 bits per heavy atom.